The molecule has 1 aromatic rings. The van der Waals surface area contributed by atoms with Crippen LogP contribution in [-0.2, 0) is 0 Å². The van der Waals surface area contributed by atoms with Crippen LogP contribution in [0, 0.1) is 5.92 Å². The van der Waals surface area contributed by atoms with E-state index in [1.165, 1.54) is 4.90 Å². The molecular formula is C16H21ClN2O2S. The van der Waals surface area contributed by atoms with Crippen molar-refractivity contribution in [3.05, 3.63) is 28.8 Å². The molecule has 6 heteroatoms. The monoisotopic (exact) mass is 340 g/mol. The highest BCUT2D eigenvalue weighted by Crippen LogP contribution is 2.37. The number of nitrogens with one attached hydrogen (secondary N) is 1. The molecule has 1 aliphatic heterocycles. The van der Waals surface area contributed by atoms with Crippen molar-refractivity contribution in [2.45, 2.75) is 36.3 Å². The van der Waals surface area contributed by atoms with Crippen molar-refractivity contribution in [3.8, 4) is 0 Å². The Morgan fingerprint density at radius 3 is 3.00 bits per heavy atom. The minimum atomic E-state index is -0.403. The molecule has 2 atom stereocenters. The van der Waals surface area contributed by atoms with Crippen LogP contribution in [0.2, 0.25) is 5.02 Å². The zero-order chi connectivity index (χ0) is 15.7. The van der Waals surface area contributed by atoms with E-state index in [9.17, 15) is 9.90 Å². The topological polar surface area (TPSA) is 52.6 Å². The van der Waals surface area contributed by atoms with E-state index in [4.69, 9.17) is 11.6 Å². The molecule has 2 unspecified atom stereocenters. The van der Waals surface area contributed by atoms with Crippen molar-refractivity contribution in [2.75, 3.05) is 19.3 Å². The van der Waals surface area contributed by atoms with Gasteiger partial charge in [-0.15, -0.1) is 11.8 Å². The second-order valence-corrected chi connectivity index (χ2v) is 7.68. The molecule has 1 heterocycles. The normalized spacial score (nSPS) is 21.9. The van der Waals surface area contributed by atoms with Crippen LogP contribution in [0.15, 0.2) is 23.1 Å². The molecule has 2 N–H and O–H groups in total. The number of amides is 2. The third kappa shape index (κ3) is 3.70. The number of benzene rings is 1. The van der Waals surface area contributed by atoms with Crippen molar-refractivity contribution < 1.29 is 9.90 Å². The third-order valence-electron chi connectivity index (χ3n) is 4.28. The molecule has 120 valence electrons. The Hall–Kier alpha value is -0.910. The van der Waals surface area contributed by atoms with Crippen LogP contribution >= 0.6 is 23.4 Å². The van der Waals surface area contributed by atoms with E-state index in [2.05, 4.69) is 5.32 Å². The van der Waals surface area contributed by atoms with Gasteiger partial charge < -0.3 is 15.3 Å². The number of likely N-dealkylation sites (N-methyl/N-ethyl adjacent to an activating group) is 1. The maximum absolute atomic E-state index is 12.3. The second kappa shape index (κ2) is 6.69. The number of aliphatic hydroxyl groups excluding tert-OH is 1. The van der Waals surface area contributed by atoms with Crippen molar-refractivity contribution in [1.82, 2.24) is 10.2 Å². The van der Waals surface area contributed by atoms with Crippen LogP contribution in [0.5, 0.6) is 0 Å². The van der Waals surface area contributed by atoms with Gasteiger partial charge in [0, 0.05) is 29.3 Å². The quantitative estimate of drug-likeness (QED) is 0.884. The number of rotatable bonds is 4. The summed E-state index contributed by atoms with van der Waals surface area (Å²) in [6.45, 7) is 0.389. The van der Waals surface area contributed by atoms with Gasteiger partial charge in [0.15, 0.2) is 0 Å². The summed E-state index contributed by atoms with van der Waals surface area (Å²) >= 11 is 7.88. The number of carbonyl (C=O) groups excluding carboxylic acids is 1. The van der Waals surface area contributed by atoms with Gasteiger partial charge >= 0.3 is 6.03 Å². The maximum Gasteiger partial charge on any atom is 0.317 e. The molecule has 0 saturated heterocycles. The van der Waals surface area contributed by atoms with E-state index in [1.54, 1.807) is 23.7 Å². The summed E-state index contributed by atoms with van der Waals surface area (Å²) in [6, 6.07) is 5.69. The summed E-state index contributed by atoms with van der Waals surface area (Å²) in [4.78, 5) is 15.1. The van der Waals surface area contributed by atoms with Gasteiger partial charge in [-0.3, -0.25) is 0 Å². The average molecular weight is 341 g/mol. The highest BCUT2D eigenvalue weighted by atomic mass is 35.5. The highest BCUT2D eigenvalue weighted by molar-refractivity contribution is 7.99. The highest BCUT2D eigenvalue weighted by Gasteiger charge is 2.31. The smallest absolute Gasteiger partial charge is 0.317 e. The van der Waals surface area contributed by atoms with Crippen molar-refractivity contribution in [2.24, 2.45) is 5.92 Å². The van der Waals surface area contributed by atoms with Crippen LogP contribution in [0.3, 0.4) is 0 Å². The average Bonchev–Trinajstić information content (AvgIpc) is 3.32. The van der Waals surface area contributed by atoms with E-state index in [1.807, 2.05) is 18.2 Å². The largest absolute Gasteiger partial charge is 0.391 e. The molecule has 1 fully saturated rings. The SMILES string of the molecule is CN(CC(O)C1CC1)C(=O)NC1CCSc2ccc(Cl)cc21. The number of fused-ring (bicyclic) bond motifs is 1. The van der Waals surface area contributed by atoms with E-state index in [0.717, 1.165) is 30.6 Å². The Morgan fingerprint density at radius 1 is 1.50 bits per heavy atom. The molecule has 1 aromatic carbocycles. The number of hydrogen-bond donors (Lipinski definition) is 2. The molecule has 2 aliphatic rings. The maximum atomic E-state index is 12.3. The van der Waals surface area contributed by atoms with Crippen LogP contribution in [-0.4, -0.2) is 41.5 Å². The minimum absolute atomic E-state index is 0.0111. The summed E-state index contributed by atoms with van der Waals surface area (Å²) in [5.41, 5.74) is 1.09. The minimum Gasteiger partial charge on any atom is -0.391 e. The van der Waals surface area contributed by atoms with E-state index >= 15 is 0 Å². The third-order valence-corrected chi connectivity index (χ3v) is 5.64. The van der Waals surface area contributed by atoms with Gasteiger partial charge in [0.05, 0.1) is 12.1 Å². The van der Waals surface area contributed by atoms with Gasteiger partial charge in [-0.05, 0) is 48.9 Å². The first-order valence-corrected chi connectivity index (χ1v) is 9.03. The van der Waals surface area contributed by atoms with Crippen molar-refractivity contribution in [1.29, 1.82) is 0 Å². The Labute approximate surface area is 140 Å². The van der Waals surface area contributed by atoms with E-state index < -0.39 is 6.10 Å². The van der Waals surface area contributed by atoms with Crippen LogP contribution in [0.1, 0.15) is 30.9 Å². The summed E-state index contributed by atoms with van der Waals surface area (Å²) in [5.74, 6) is 1.36. The van der Waals surface area contributed by atoms with Gasteiger partial charge in [0.1, 0.15) is 0 Å². The van der Waals surface area contributed by atoms with Crippen LogP contribution < -0.4 is 5.32 Å². The molecule has 4 nitrogen and oxygen atoms in total. The first-order valence-electron chi connectivity index (χ1n) is 7.66. The Balaban J connectivity index is 1.63. The molecule has 0 bridgehead atoms. The lowest BCUT2D eigenvalue weighted by Crippen LogP contribution is -2.43. The Morgan fingerprint density at radius 2 is 2.27 bits per heavy atom. The molecule has 3 rings (SSSR count). The van der Waals surface area contributed by atoms with Crippen molar-refractivity contribution >= 4 is 29.4 Å². The molecule has 0 radical (unpaired) electrons. The lowest BCUT2D eigenvalue weighted by molar-refractivity contribution is 0.112. The Kier molecular flexibility index (Phi) is 4.85. The molecule has 2 amide bonds. The number of urea groups is 1. The molecule has 0 aromatic heterocycles. The predicted molar refractivity (Wildman–Crippen MR) is 89.4 cm³/mol. The first kappa shape index (κ1) is 16.0. The zero-order valence-corrected chi connectivity index (χ0v) is 14.2. The lowest BCUT2D eigenvalue weighted by atomic mass is 10.0. The lowest BCUT2D eigenvalue weighted by Gasteiger charge is -2.29. The molecule has 22 heavy (non-hydrogen) atoms. The van der Waals surface area contributed by atoms with Crippen LogP contribution in [0.25, 0.3) is 0 Å². The standard InChI is InChI=1S/C16H21ClN2O2S/c1-19(9-14(20)10-2-3-10)16(21)18-13-6-7-22-15-5-4-11(17)8-12(13)15/h4-5,8,10,13-14,20H,2-3,6-7,9H2,1H3,(H,18,21). The summed E-state index contributed by atoms with van der Waals surface area (Å²) in [6.07, 6.45) is 2.63. The van der Waals surface area contributed by atoms with Gasteiger partial charge in [-0.1, -0.05) is 11.6 Å². The molecule has 1 saturated carbocycles. The summed E-state index contributed by atoms with van der Waals surface area (Å²) in [7, 11) is 1.73. The zero-order valence-electron chi connectivity index (χ0n) is 12.6. The first-order chi connectivity index (χ1) is 10.5. The number of aliphatic hydroxyl groups is 1. The number of nitrogens with zero attached hydrogens (tertiary/aromatic N) is 1. The summed E-state index contributed by atoms with van der Waals surface area (Å²) in [5, 5.41) is 13.7. The van der Waals surface area contributed by atoms with Gasteiger partial charge in [-0.25, -0.2) is 4.79 Å². The number of thioether (sulfide) groups is 1. The van der Waals surface area contributed by atoms with Gasteiger partial charge in [0.2, 0.25) is 0 Å². The van der Waals surface area contributed by atoms with Gasteiger partial charge in [-0.2, -0.15) is 0 Å². The fraction of sp³-hybridized carbons (Fsp3) is 0.562. The fourth-order valence-corrected chi connectivity index (χ4v) is 4.05. The Bertz CT molecular complexity index is 565. The van der Waals surface area contributed by atoms with Crippen LogP contribution in [0.4, 0.5) is 4.79 Å². The molecular weight excluding hydrogens is 320 g/mol. The molecule has 1 aliphatic carbocycles. The second-order valence-electron chi connectivity index (χ2n) is 6.11. The van der Waals surface area contributed by atoms with Crippen molar-refractivity contribution in [3.63, 3.8) is 0 Å². The summed E-state index contributed by atoms with van der Waals surface area (Å²) < 4.78 is 0. The van der Waals surface area contributed by atoms with Gasteiger partial charge in [0.25, 0.3) is 0 Å². The van der Waals surface area contributed by atoms with E-state index in [0.29, 0.717) is 17.5 Å². The van der Waals surface area contributed by atoms with E-state index in [-0.39, 0.29) is 12.1 Å². The molecule has 0 spiro atoms. The number of hydrogen-bond acceptors (Lipinski definition) is 3. The fourth-order valence-electron chi connectivity index (χ4n) is 2.77. The predicted octanol–water partition coefficient (Wildman–Crippen LogP) is 3.29. The number of carbonyl (C=O) groups is 1. The number of halogens is 1.